The number of alkyl halides is 1. The molecule has 1 rings (SSSR count). The molecule has 0 bridgehead atoms. The Morgan fingerprint density at radius 1 is 1.50 bits per heavy atom. The number of thiazole rings is 1. The van der Waals surface area contributed by atoms with Gasteiger partial charge in [-0.15, -0.1) is 22.9 Å². The van der Waals surface area contributed by atoms with E-state index in [2.05, 4.69) is 22.3 Å². The fraction of sp³-hybridized carbons (Fsp3) is 0.700. The molecule has 0 aliphatic heterocycles. The Balaban J connectivity index is 2.23. The van der Waals surface area contributed by atoms with Crippen LogP contribution in [0.15, 0.2) is 5.38 Å². The molecule has 1 aromatic rings. The minimum Gasteiger partial charge on any atom is -0.301 e. The zero-order valence-corrected chi connectivity index (χ0v) is 10.4. The molecule has 0 aliphatic rings. The number of aryl methyl sites for hydroxylation is 1. The largest absolute Gasteiger partial charge is 0.301 e. The average Bonchev–Trinajstić information content (AvgIpc) is 2.52. The minimum absolute atomic E-state index is 0.768. The van der Waals surface area contributed by atoms with Gasteiger partial charge in [-0.2, -0.15) is 0 Å². The van der Waals surface area contributed by atoms with Crippen molar-refractivity contribution >= 4 is 22.9 Å². The third-order valence-corrected chi connectivity index (χ3v) is 3.11. The summed E-state index contributed by atoms with van der Waals surface area (Å²) >= 11 is 7.34. The highest BCUT2D eigenvalue weighted by molar-refractivity contribution is 7.09. The Morgan fingerprint density at radius 2 is 2.29 bits per heavy atom. The minimum atomic E-state index is 0.768. The van der Waals surface area contributed by atoms with Crippen LogP contribution in [0.3, 0.4) is 0 Å². The molecule has 1 heterocycles. The molecule has 0 N–H and O–H groups in total. The predicted octanol–water partition coefficient (Wildman–Crippen LogP) is 2.90. The first-order valence-corrected chi connectivity index (χ1v) is 6.29. The van der Waals surface area contributed by atoms with E-state index >= 15 is 0 Å². The van der Waals surface area contributed by atoms with Crippen LogP contribution in [0, 0.1) is 6.92 Å². The second-order valence-corrected chi connectivity index (χ2v) is 4.93. The standard InChI is InChI=1S/C10H17ClN2S/c1-9-12-10(8-14-9)7-13(2)6-4-3-5-11/h8H,3-7H2,1-2H3. The summed E-state index contributed by atoms with van der Waals surface area (Å²) in [6.07, 6.45) is 2.27. The van der Waals surface area contributed by atoms with Crippen molar-refractivity contribution in [1.29, 1.82) is 0 Å². The van der Waals surface area contributed by atoms with Gasteiger partial charge in [0.25, 0.3) is 0 Å². The highest BCUT2D eigenvalue weighted by Gasteiger charge is 2.02. The number of hydrogen-bond acceptors (Lipinski definition) is 3. The molecule has 80 valence electrons. The van der Waals surface area contributed by atoms with Crippen molar-refractivity contribution in [3.8, 4) is 0 Å². The number of halogens is 1. The molecule has 0 spiro atoms. The van der Waals surface area contributed by atoms with E-state index in [1.807, 2.05) is 6.92 Å². The Labute approximate surface area is 94.9 Å². The normalized spacial score (nSPS) is 11.1. The Bertz CT molecular complexity index is 262. The smallest absolute Gasteiger partial charge is 0.0897 e. The molecular formula is C10H17ClN2S. The fourth-order valence-electron chi connectivity index (χ4n) is 1.31. The summed E-state index contributed by atoms with van der Waals surface area (Å²) in [4.78, 5) is 6.72. The first-order chi connectivity index (χ1) is 6.72. The number of aromatic nitrogens is 1. The molecule has 0 saturated carbocycles. The van der Waals surface area contributed by atoms with Crippen LogP contribution in [0.4, 0.5) is 0 Å². The second kappa shape index (κ2) is 6.38. The maximum Gasteiger partial charge on any atom is 0.0897 e. The van der Waals surface area contributed by atoms with E-state index in [1.165, 1.54) is 12.1 Å². The van der Waals surface area contributed by atoms with E-state index in [9.17, 15) is 0 Å². The average molecular weight is 233 g/mol. The number of unbranched alkanes of at least 4 members (excludes halogenated alkanes) is 1. The predicted molar refractivity (Wildman–Crippen MR) is 63.1 cm³/mol. The molecule has 14 heavy (non-hydrogen) atoms. The molecule has 1 aromatic heterocycles. The van der Waals surface area contributed by atoms with Crippen molar-refractivity contribution in [1.82, 2.24) is 9.88 Å². The molecule has 0 aromatic carbocycles. The van der Waals surface area contributed by atoms with E-state index in [0.29, 0.717) is 0 Å². The maximum atomic E-state index is 5.62. The SMILES string of the molecule is Cc1nc(CN(C)CCCCCl)cs1. The van der Waals surface area contributed by atoms with Crippen molar-refractivity contribution in [2.24, 2.45) is 0 Å². The van der Waals surface area contributed by atoms with E-state index in [0.717, 1.165) is 30.4 Å². The monoisotopic (exact) mass is 232 g/mol. The number of nitrogens with zero attached hydrogens (tertiary/aromatic N) is 2. The molecule has 0 unspecified atom stereocenters. The quantitative estimate of drug-likeness (QED) is 0.554. The van der Waals surface area contributed by atoms with Crippen LogP contribution < -0.4 is 0 Å². The molecule has 2 nitrogen and oxygen atoms in total. The van der Waals surface area contributed by atoms with Gasteiger partial charge in [-0.25, -0.2) is 4.98 Å². The van der Waals surface area contributed by atoms with Gasteiger partial charge in [-0.1, -0.05) is 0 Å². The van der Waals surface area contributed by atoms with Gasteiger partial charge in [0.1, 0.15) is 0 Å². The lowest BCUT2D eigenvalue weighted by Crippen LogP contribution is -2.19. The summed E-state index contributed by atoms with van der Waals surface area (Å²) < 4.78 is 0. The van der Waals surface area contributed by atoms with Gasteiger partial charge in [0.15, 0.2) is 0 Å². The van der Waals surface area contributed by atoms with Crippen molar-refractivity contribution in [3.05, 3.63) is 16.1 Å². The van der Waals surface area contributed by atoms with Crippen LogP contribution in [-0.2, 0) is 6.54 Å². The van der Waals surface area contributed by atoms with Crippen molar-refractivity contribution in [2.75, 3.05) is 19.5 Å². The summed E-state index contributed by atoms with van der Waals surface area (Å²) in [5.41, 5.74) is 1.18. The Morgan fingerprint density at radius 3 is 2.86 bits per heavy atom. The Hall–Kier alpha value is -0.120. The summed E-state index contributed by atoms with van der Waals surface area (Å²) in [7, 11) is 2.13. The molecule has 0 fully saturated rings. The first-order valence-electron chi connectivity index (χ1n) is 4.88. The zero-order chi connectivity index (χ0) is 10.4. The third-order valence-electron chi connectivity index (χ3n) is 2.02. The van der Waals surface area contributed by atoms with Crippen LogP contribution in [0.25, 0.3) is 0 Å². The van der Waals surface area contributed by atoms with Crippen molar-refractivity contribution < 1.29 is 0 Å². The fourth-order valence-corrected chi connectivity index (χ4v) is 2.11. The van der Waals surface area contributed by atoms with Crippen LogP contribution in [0.2, 0.25) is 0 Å². The lowest BCUT2D eigenvalue weighted by atomic mass is 10.3. The van der Waals surface area contributed by atoms with Crippen molar-refractivity contribution in [3.63, 3.8) is 0 Å². The van der Waals surface area contributed by atoms with Gasteiger partial charge in [-0.3, -0.25) is 0 Å². The summed E-state index contributed by atoms with van der Waals surface area (Å²) in [5.74, 6) is 0.768. The molecule has 0 aliphatic carbocycles. The molecule has 0 amide bonds. The first kappa shape index (κ1) is 12.0. The molecule has 0 radical (unpaired) electrons. The van der Waals surface area contributed by atoms with E-state index < -0.39 is 0 Å². The third kappa shape index (κ3) is 4.40. The van der Waals surface area contributed by atoms with Crippen LogP contribution in [0.5, 0.6) is 0 Å². The van der Waals surface area contributed by atoms with Gasteiger partial charge >= 0.3 is 0 Å². The summed E-state index contributed by atoms with van der Waals surface area (Å²) in [6, 6.07) is 0. The topological polar surface area (TPSA) is 16.1 Å². The highest BCUT2D eigenvalue weighted by Crippen LogP contribution is 2.09. The van der Waals surface area contributed by atoms with E-state index in [4.69, 9.17) is 11.6 Å². The summed E-state index contributed by atoms with van der Waals surface area (Å²) in [5, 5.41) is 3.28. The molecule has 0 atom stereocenters. The molecule has 4 heteroatoms. The molecule has 0 saturated heterocycles. The Kier molecular flexibility index (Phi) is 5.45. The van der Waals surface area contributed by atoms with Gasteiger partial charge in [0.2, 0.25) is 0 Å². The second-order valence-electron chi connectivity index (χ2n) is 3.49. The number of rotatable bonds is 6. The lowest BCUT2D eigenvalue weighted by molar-refractivity contribution is 0.318. The van der Waals surface area contributed by atoms with Crippen molar-refractivity contribution in [2.45, 2.75) is 26.3 Å². The van der Waals surface area contributed by atoms with Crippen LogP contribution in [0.1, 0.15) is 23.5 Å². The maximum absolute atomic E-state index is 5.62. The van der Waals surface area contributed by atoms with Gasteiger partial charge in [-0.05, 0) is 33.4 Å². The molecular weight excluding hydrogens is 216 g/mol. The number of hydrogen-bond donors (Lipinski definition) is 0. The lowest BCUT2D eigenvalue weighted by Gasteiger charge is -2.14. The van der Waals surface area contributed by atoms with Gasteiger partial charge in [0, 0.05) is 17.8 Å². The van der Waals surface area contributed by atoms with E-state index in [-0.39, 0.29) is 0 Å². The zero-order valence-electron chi connectivity index (χ0n) is 8.79. The summed E-state index contributed by atoms with van der Waals surface area (Å²) in [6.45, 7) is 4.09. The van der Waals surface area contributed by atoms with Gasteiger partial charge < -0.3 is 4.90 Å². The van der Waals surface area contributed by atoms with Gasteiger partial charge in [0.05, 0.1) is 10.7 Å². The van der Waals surface area contributed by atoms with Crippen LogP contribution >= 0.6 is 22.9 Å². The van der Waals surface area contributed by atoms with E-state index in [1.54, 1.807) is 11.3 Å². The van der Waals surface area contributed by atoms with Crippen LogP contribution in [-0.4, -0.2) is 29.4 Å². The highest BCUT2D eigenvalue weighted by atomic mass is 35.5.